The molecule has 0 aromatic heterocycles. The average Bonchev–Trinajstić information content (AvgIpc) is 3.66. The van der Waals surface area contributed by atoms with E-state index in [4.69, 9.17) is 23.7 Å². The molecule has 4 rings (SSSR count). The Hall–Kier alpha value is -2.57. The zero-order chi connectivity index (χ0) is 19.9. The Bertz CT molecular complexity index is 778. The predicted molar refractivity (Wildman–Crippen MR) is 107 cm³/mol. The van der Waals surface area contributed by atoms with Crippen LogP contribution in [0.15, 0.2) is 48.5 Å². The van der Waals surface area contributed by atoms with E-state index in [1.165, 1.54) is 0 Å². The quantitative estimate of drug-likeness (QED) is 0.233. The zero-order valence-corrected chi connectivity index (χ0v) is 16.4. The Morgan fingerprint density at radius 1 is 0.759 bits per heavy atom. The van der Waals surface area contributed by atoms with Gasteiger partial charge in [-0.05, 0) is 74.2 Å². The third-order valence-electron chi connectivity index (χ3n) is 4.81. The first-order valence-electron chi connectivity index (χ1n) is 10.2. The number of hydrogen-bond donors (Lipinski definition) is 0. The number of ether oxygens (including phenoxy) is 5. The van der Waals surface area contributed by atoms with Gasteiger partial charge in [0.25, 0.3) is 0 Å². The van der Waals surface area contributed by atoms with Crippen LogP contribution in [-0.2, 0) is 9.47 Å². The van der Waals surface area contributed by atoms with E-state index in [2.05, 4.69) is 0 Å². The number of carbonyl (C=O) groups excluding carboxylic acids is 1. The molecule has 29 heavy (non-hydrogen) atoms. The summed E-state index contributed by atoms with van der Waals surface area (Å²) in [6.45, 7) is 3.06. The van der Waals surface area contributed by atoms with Crippen molar-refractivity contribution in [3.8, 4) is 17.2 Å². The Kier molecular flexibility index (Phi) is 6.64. The molecule has 2 aromatic rings. The van der Waals surface area contributed by atoms with Crippen LogP contribution < -0.4 is 14.2 Å². The van der Waals surface area contributed by atoms with E-state index < -0.39 is 5.97 Å². The molecule has 0 radical (unpaired) electrons. The highest BCUT2D eigenvalue weighted by atomic mass is 16.6. The van der Waals surface area contributed by atoms with E-state index in [1.807, 2.05) is 0 Å². The van der Waals surface area contributed by atoms with Gasteiger partial charge in [-0.15, -0.1) is 0 Å². The van der Waals surface area contributed by atoms with E-state index in [1.54, 1.807) is 48.5 Å². The fraction of sp³-hybridized carbons (Fsp3) is 0.435. The van der Waals surface area contributed by atoms with Crippen molar-refractivity contribution in [3.05, 3.63) is 54.1 Å². The van der Waals surface area contributed by atoms with E-state index in [-0.39, 0.29) is 0 Å². The highest BCUT2D eigenvalue weighted by molar-refractivity contribution is 5.91. The van der Waals surface area contributed by atoms with E-state index in [0.717, 1.165) is 50.4 Å². The maximum atomic E-state index is 12.3. The molecule has 2 aliphatic heterocycles. The maximum Gasteiger partial charge on any atom is 0.343 e. The molecule has 154 valence electrons. The number of carbonyl (C=O) groups is 1. The summed E-state index contributed by atoms with van der Waals surface area (Å²) in [4.78, 5) is 12.3. The van der Waals surface area contributed by atoms with Crippen molar-refractivity contribution in [1.82, 2.24) is 0 Å². The molecule has 0 bridgehead atoms. The van der Waals surface area contributed by atoms with Gasteiger partial charge in [-0.1, -0.05) is 0 Å². The van der Waals surface area contributed by atoms with E-state index in [0.29, 0.717) is 36.7 Å². The topological polar surface area (TPSA) is 69.8 Å². The second kappa shape index (κ2) is 9.76. The van der Waals surface area contributed by atoms with Crippen molar-refractivity contribution in [1.29, 1.82) is 0 Å². The predicted octanol–water partition coefficient (Wildman–Crippen LogP) is 4.02. The van der Waals surface area contributed by atoms with Crippen molar-refractivity contribution < 1.29 is 28.5 Å². The monoisotopic (exact) mass is 398 g/mol. The molecule has 0 aliphatic carbocycles. The number of esters is 1. The summed E-state index contributed by atoms with van der Waals surface area (Å²) in [5, 5.41) is 0. The molecule has 2 saturated heterocycles. The third kappa shape index (κ3) is 6.76. The Morgan fingerprint density at radius 3 is 1.69 bits per heavy atom. The number of epoxide rings is 2. The van der Waals surface area contributed by atoms with Crippen molar-refractivity contribution >= 4 is 5.97 Å². The van der Waals surface area contributed by atoms with Gasteiger partial charge in [-0.25, -0.2) is 4.79 Å². The minimum atomic E-state index is -0.402. The van der Waals surface area contributed by atoms with E-state index >= 15 is 0 Å². The molecule has 2 unspecified atom stereocenters. The standard InChI is InChI=1S/C23H26O6/c24-23(17-5-7-18(8-6-17)25-13-1-3-21-15-27-21)29-20-11-9-19(10-12-20)26-14-2-4-22-16-28-22/h5-12,21-22H,1-4,13-16H2. The van der Waals surface area contributed by atoms with Crippen LogP contribution in [0.25, 0.3) is 0 Å². The van der Waals surface area contributed by atoms with Gasteiger partial charge in [0.2, 0.25) is 0 Å². The number of benzene rings is 2. The van der Waals surface area contributed by atoms with E-state index in [9.17, 15) is 4.79 Å². The minimum absolute atomic E-state index is 0.402. The lowest BCUT2D eigenvalue weighted by molar-refractivity contribution is 0.0734. The summed E-state index contributed by atoms with van der Waals surface area (Å²) in [7, 11) is 0. The zero-order valence-electron chi connectivity index (χ0n) is 16.4. The van der Waals surface area contributed by atoms with Gasteiger partial charge in [0.1, 0.15) is 17.2 Å². The van der Waals surface area contributed by atoms with Gasteiger partial charge in [0.15, 0.2) is 0 Å². The molecule has 0 saturated carbocycles. The molecular formula is C23H26O6. The van der Waals surface area contributed by atoms with Gasteiger partial charge in [0, 0.05) is 0 Å². The van der Waals surface area contributed by atoms with Crippen LogP contribution in [-0.4, -0.2) is 44.6 Å². The van der Waals surface area contributed by atoms with Crippen LogP contribution in [0.3, 0.4) is 0 Å². The molecule has 2 aromatic carbocycles. The van der Waals surface area contributed by atoms with Gasteiger partial charge in [-0.2, -0.15) is 0 Å². The largest absolute Gasteiger partial charge is 0.494 e. The second-order valence-corrected chi connectivity index (χ2v) is 7.28. The fourth-order valence-electron chi connectivity index (χ4n) is 2.93. The van der Waals surface area contributed by atoms with Crippen molar-refractivity contribution in [2.24, 2.45) is 0 Å². The maximum absolute atomic E-state index is 12.3. The molecular weight excluding hydrogens is 372 g/mol. The SMILES string of the molecule is O=C(Oc1ccc(OCCCC2CO2)cc1)c1ccc(OCCCC2CO2)cc1. The van der Waals surface area contributed by atoms with Gasteiger partial charge < -0.3 is 23.7 Å². The Morgan fingerprint density at radius 2 is 1.21 bits per heavy atom. The van der Waals surface area contributed by atoms with Crippen molar-refractivity contribution in [2.75, 3.05) is 26.4 Å². The summed E-state index contributed by atoms with van der Waals surface area (Å²) in [6, 6.07) is 14.1. The summed E-state index contributed by atoms with van der Waals surface area (Å²) < 4.78 is 27.1. The summed E-state index contributed by atoms with van der Waals surface area (Å²) in [6.07, 6.45) is 4.86. The first kappa shape index (κ1) is 19.7. The van der Waals surface area contributed by atoms with Gasteiger partial charge >= 0.3 is 5.97 Å². The lowest BCUT2D eigenvalue weighted by Gasteiger charge is -2.08. The van der Waals surface area contributed by atoms with Crippen LogP contribution in [0, 0.1) is 0 Å². The first-order valence-corrected chi connectivity index (χ1v) is 10.2. The molecule has 2 heterocycles. The lowest BCUT2D eigenvalue weighted by atomic mass is 10.2. The molecule has 6 nitrogen and oxygen atoms in total. The number of rotatable bonds is 12. The summed E-state index contributed by atoms with van der Waals surface area (Å²) in [5.41, 5.74) is 0.478. The van der Waals surface area contributed by atoms with Crippen molar-refractivity contribution in [3.63, 3.8) is 0 Å². The van der Waals surface area contributed by atoms with Crippen LogP contribution in [0.1, 0.15) is 36.0 Å². The summed E-state index contributed by atoms with van der Waals surface area (Å²) >= 11 is 0. The smallest absolute Gasteiger partial charge is 0.343 e. The highest BCUT2D eigenvalue weighted by Gasteiger charge is 2.21. The van der Waals surface area contributed by atoms with Crippen molar-refractivity contribution in [2.45, 2.75) is 37.9 Å². The lowest BCUT2D eigenvalue weighted by Crippen LogP contribution is -2.08. The number of hydrogen-bond acceptors (Lipinski definition) is 6. The normalized spacial score (nSPS) is 19.4. The highest BCUT2D eigenvalue weighted by Crippen LogP contribution is 2.21. The molecule has 0 N–H and O–H groups in total. The van der Waals surface area contributed by atoms with Crippen LogP contribution in [0.2, 0.25) is 0 Å². The third-order valence-corrected chi connectivity index (χ3v) is 4.81. The van der Waals surface area contributed by atoms with Crippen LogP contribution in [0.5, 0.6) is 17.2 Å². The molecule has 2 aliphatic rings. The molecule has 0 amide bonds. The minimum Gasteiger partial charge on any atom is -0.494 e. The van der Waals surface area contributed by atoms with Crippen LogP contribution >= 0.6 is 0 Å². The first-order chi connectivity index (χ1) is 14.3. The van der Waals surface area contributed by atoms with Crippen LogP contribution in [0.4, 0.5) is 0 Å². The van der Waals surface area contributed by atoms with Gasteiger partial charge in [0.05, 0.1) is 44.2 Å². The molecule has 2 atom stereocenters. The van der Waals surface area contributed by atoms with Gasteiger partial charge in [-0.3, -0.25) is 0 Å². The second-order valence-electron chi connectivity index (χ2n) is 7.28. The Balaban J connectivity index is 1.18. The fourth-order valence-corrected chi connectivity index (χ4v) is 2.93. The Labute approximate surface area is 170 Å². The average molecular weight is 398 g/mol. The molecule has 0 spiro atoms. The molecule has 2 fully saturated rings. The molecule has 6 heteroatoms. The summed E-state index contributed by atoms with van der Waals surface area (Å²) in [5.74, 6) is 1.58.